The van der Waals surface area contributed by atoms with Gasteiger partial charge in [-0.05, 0) is 116 Å². The maximum atomic E-state index is 14.3. The highest BCUT2D eigenvalue weighted by Gasteiger charge is 2.31. The molecule has 4 N–H and O–H groups in total. The zero-order valence-corrected chi connectivity index (χ0v) is 40.9. The number of nitrogens with one attached hydrogen (secondary N) is 3. The van der Waals surface area contributed by atoms with Crippen LogP contribution in [0.3, 0.4) is 0 Å². The Labute approximate surface area is 388 Å². The lowest BCUT2D eigenvalue weighted by Gasteiger charge is -2.24. The lowest BCUT2D eigenvalue weighted by atomic mass is 9.90. The Kier molecular flexibility index (Phi) is 24.4. The number of rotatable bonds is 29. The summed E-state index contributed by atoms with van der Waals surface area (Å²) in [6, 6.07) is 13.8. The van der Waals surface area contributed by atoms with Gasteiger partial charge in [0, 0.05) is 43.2 Å². The van der Waals surface area contributed by atoms with E-state index in [0.29, 0.717) is 50.5 Å². The normalized spacial score (nSPS) is 13.5. The van der Waals surface area contributed by atoms with Crippen molar-refractivity contribution in [1.29, 1.82) is 0 Å². The summed E-state index contributed by atoms with van der Waals surface area (Å²) < 4.78 is 10.8. The third-order valence-corrected chi connectivity index (χ3v) is 10.8. The maximum Gasteiger partial charge on any atom is 0.407 e. The SMILES string of the molecule is CCCCc1ccc(-c2ccc(C(=O)CC(CCCCCC(=O)OC(C)(C)C)C(=O)N[C@@H](CCCCNC(=O)OC(C)(C)C)C(=O)C[C@@H](C)C(=O)N[C@@H](CC(C)C)C(=O)CO)cc2)cc1. The van der Waals surface area contributed by atoms with Crippen LogP contribution in [0.5, 0.6) is 0 Å². The van der Waals surface area contributed by atoms with Crippen LogP contribution in [0.4, 0.5) is 4.79 Å². The van der Waals surface area contributed by atoms with E-state index in [2.05, 4.69) is 47.1 Å². The molecule has 0 aliphatic carbocycles. The Balaban J connectivity index is 2.31. The van der Waals surface area contributed by atoms with E-state index in [9.17, 15) is 38.7 Å². The number of hydrogen-bond donors (Lipinski definition) is 4. The van der Waals surface area contributed by atoms with Crippen LogP contribution in [-0.4, -0.2) is 82.8 Å². The van der Waals surface area contributed by atoms with Gasteiger partial charge < -0.3 is 30.5 Å². The van der Waals surface area contributed by atoms with Gasteiger partial charge in [0.1, 0.15) is 17.8 Å². The molecular formula is C52H79N3O10. The van der Waals surface area contributed by atoms with Crippen LogP contribution < -0.4 is 16.0 Å². The molecule has 362 valence electrons. The lowest BCUT2D eigenvalue weighted by molar-refractivity contribution is -0.155. The van der Waals surface area contributed by atoms with E-state index in [-0.39, 0.29) is 49.9 Å². The molecule has 0 radical (unpaired) electrons. The Morgan fingerprint density at radius 3 is 1.80 bits per heavy atom. The molecule has 0 saturated heterocycles. The summed E-state index contributed by atoms with van der Waals surface area (Å²) in [6.45, 7) is 17.8. The van der Waals surface area contributed by atoms with E-state index in [1.165, 1.54) is 5.56 Å². The van der Waals surface area contributed by atoms with Gasteiger partial charge in [0.2, 0.25) is 11.8 Å². The summed E-state index contributed by atoms with van der Waals surface area (Å²) in [5.41, 5.74) is 2.45. The zero-order valence-electron chi connectivity index (χ0n) is 40.9. The van der Waals surface area contributed by atoms with Gasteiger partial charge in [-0.3, -0.25) is 28.8 Å². The molecule has 2 aromatic rings. The average molecular weight is 906 g/mol. The van der Waals surface area contributed by atoms with Crippen molar-refractivity contribution in [1.82, 2.24) is 16.0 Å². The number of aliphatic hydroxyl groups excluding tert-OH is 1. The van der Waals surface area contributed by atoms with Crippen molar-refractivity contribution >= 4 is 41.2 Å². The number of carbonyl (C=O) groups excluding carboxylic acids is 7. The summed E-state index contributed by atoms with van der Waals surface area (Å²) in [7, 11) is 0. The van der Waals surface area contributed by atoms with E-state index < -0.39 is 71.2 Å². The summed E-state index contributed by atoms with van der Waals surface area (Å²) in [5, 5.41) is 17.8. The van der Waals surface area contributed by atoms with Crippen molar-refractivity contribution in [3.05, 3.63) is 59.7 Å². The minimum absolute atomic E-state index is 0.0549. The Morgan fingerprint density at radius 2 is 1.23 bits per heavy atom. The second-order valence-electron chi connectivity index (χ2n) is 19.8. The number of unbranched alkanes of at least 4 members (excludes halogenated alkanes) is 4. The van der Waals surface area contributed by atoms with Gasteiger partial charge in [0.15, 0.2) is 17.3 Å². The van der Waals surface area contributed by atoms with Crippen LogP contribution in [-0.2, 0) is 39.9 Å². The number of Topliss-reactive ketones (excluding diaryl/α,β-unsaturated/α-hetero) is 3. The molecule has 0 spiro atoms. The number of alkyl carbamates (subject to hydrolysis) is 1. The van der Waals surface area contributed by atoms with Crippen LogP contribution >= 0.6 is 0 Å². The average Bonchev–Trinajstić information content (AvgIpc) is 3.22. The number of aliphatic hydroxyl groups is 1. The quantitative estimate of drug-likeness (QED) is 0.0348. The number of aryl methyl sites for hydroxylation is 1. The predicted octanol–water partition coefficient (Wildman–Crippen LogP) is 9.04. The smallest absolute Gasteiger partial charge is 0.407 e. The zero-order chi connectivity index (χ0) is 48.7. The molecule has 2 aromatic carbocycles. The fourth-order valence-corrected chi connectivity index (χ4v) is 7.27. The molecule has 3 amide bonds. The molecule has 0 fully saturated rings. The van der Waals surface area contributed by atoms with Crippen LogP contribution in [0, 0.1) is 17.8 Å². The van der Waals surface area contributed by atoms with Gasteiger partial charge >= 0.3 is 12.1 Å². The molecule has 4 atom stereocenters. The molecule has 13 heteroatoms. The van der Waals surface area contributed by atoms with E-state index in [4.69, 9.17) is 9.47 Å². The second-order valence-corrected chi connectivity index (χ2v) is 19.8. The van der Waals surface area contributed by atoms with Crippen molar-refractivity contribution in [3.8, 4) is 11.1 Å². The molecule has 13 nitrogen and oxygen atoms in total. The van der Waals surface area contributed by atoms with Gasteiger partial charge in [-0.25, -0.2) is 4.79 Å². The van der Waals surface area contributed by atoms with E-state index in [1.54, 1.807) is 39.8 Å². The van der Waals surface area contributed by atoms with Crippen LogP contribution in [0.2, 0.25) is 0 Å². The molecule has 65 heavy (non-hydrogen) atoms. The molecule has 0 saturated carbocycles. The Hall–Kier alpha value is -4.91. The number of hydrogen-bond acceptors (Lipinski definition) is 10. The van der Waals surface area contributed by atoms with Crippen molar-refractivity contribution in [2.45, 2.75) is 182 Å². The van der Waals surface area contributed by atoms with Crippen LogP contribution in [0.25, 0.3) is 11.1 Å². The maximum absolute atomic E-state index is 14.3. The first-order chi connectivity index (χ1) is 30.5. The van der Waals surface area contributed by atoms with Crippen LogP contribution in [0.1, 0.15) is 169 Å². The largest absolute Gasteiger partial charge is 0.460 e. The summed E-state index contributed by atoms with van der Waals surface area (Å²) in [5.74, 6) is -4.06. The Morgan fingerprint density at radius 1 is 0.646 bits per heavy atom. The van der Waals surface area contributed by atoms with E-state index in [1.807, 2.05) is 46.8 Å². The fraction of sp³-hybridized carbons (Fsp3) is 0.635. The highest BCUT2D eigenvalue weighted by molar-refractivity contribution is 6.00. The minimum atomic E-state index is -1.01. The number of ether oxygens (including phenoxy) is 2. The van der Waals surface area contributed by atoms with Gasteiger partial charge in [-0.2, -0.15) is 0 Å². The number of carbonyl (C=O) groups is 7. The first-order valence-electron chi connectivity index (χ1n) is 23.7. The molecule has 2 rings (SSSR count). The molecule has 0 aliphatic heterocycles. The standard InChI is InChI=1S/C52H79N3O10/c1-11-12-18-37-22-24-38(25-23-37)39-26-28-40(29-27-39)44(57)33-41(19-14-13-15-21-47(60)64-51(5,6)7)49(62)54-42(20-16-17-30-53-50(63)65-52(8,9)10)45(58)32-36(4)48(61)55-43(31-35(2)3)46(59)34-56/h22-29,35-36,41-43,56H,11-21,30-34H2,1-10H3,(H,53,63)(H,54,62)(H,55,61)/t36-,41?,42+,43+/m1/s1. The molecular weight excluding hydrogens is 827 g/mol. The minimum Gasteiger partial charge on any atom is -0.460 e. The summed E-state index contributed by atoms with van der Waals surface area (Å²) in [6.07, 6.45) is 6.00. The van der Waals surface area contributed by atoms with Gasteiger partial charge in [-0.1, -0.05) is 95.5 Å². The van der Waals surface area contributed by atoms with Crippen molar-refractivity contribution in [2.24, 2.45) is 17.8 Å². The van der Waals surface area contributed by atoms with Gasteiger partial charge in [0.25, 0.3) is 0 Å². The van der Waals surface area contributed by atoms with Gasteiger partial charge in [0.05, 0.1) is 12.1 Å². The first kappa shape index (κ1) is 56.2. The van der Waals surface area contributed by atoms with Crippen LogP contribution in [0.15, 0.2) is 48.5 Å². The number of ketones is 3. The molecule has 0 aliphatic rings. The first-order valence-corrected chi connectivity index (χ1v) is 23.7. The molecule has 0 aromatic heterocycles. The lowest BCUT2D eigenvalue weighted by Crippen LogP contribution is -2.47. The van der Waals surface area contributed by atoms with E-state index in [0.717, 1.165) is 30.4 Å². The van der Waals surface area contributed by atoms with Crippen molar-refractivity contribution in [2.75, 3.05) is 13.2 Å². The Bertz CT molecular complexity index is 1830. The van der Waals surface area contributed by atoms with Gasteiger partial charge in [-0.15, -0.1) is 0 Å². The van der Waals surface area contributed by atoms with E-state index >= 15 is 0 Å². The van der Waals surface area contributed by atoms with Crippen molar-refractivity contribution in [3.63, 3.8) is 0 Å². The van der Waals surface area contributed by atoms with Crippen molar-refractivity contribution < 1.29 is 48.1 Å². The molecule has 0 heterocycles. The number of esters is 1. The topological polar surface area (TPSA) is 194 Å². The predicted molar refractivity (Wildman–Crippen MR) is 254 cm³/mol. The second kappa shape index (κ2) is 28.2. The highest BCUT2D eigenvalue weighted by atomic mass is 16.6. The third kappa shape index (κ3) is 23.2. The third-order valence-electron chi connectivity index (χ3n) is 10.8. The highest BCUT2D eigenvalue weighted by Crippen LogP contribution is 2.24. The molecule has 1 unspecified atom stereocenters. The molecule has 0 bridgehead atoms. The summed E-state index contributed by atoms with van der Waals surface area (Å²) in [4.78, 5) is 92.4. The monoisotopic (exact) mass is 906 g/mol. The fourth-order valence-electron chi connectivity index (χ4n) is 7.27. The summed E-state index contributed by atoms with van der Waals surface area (Å²) >= 11 is 0. The number of amides is 3. The number of benzene rings is 2.